The van der Waals surface area contributed by atoms with Gasteiger partial charge in [-0.15, -0.1) is 0 Å². The maximum absolute atomic E-state index is 12.4. The van der Waals surface area contributed by atoms with Crippen LogP contribution in [0.4, 0.5) is 16.4 Å². The van der Waals surface area contributed by atoms with Crippen molar-refractivity contribution in [1.29, 1.82) is 0 Å². The molecule has 0 spiro atoms. The highest BCUT2D eigenvalue weighted by molar-refractivity contribution is 6.04. The highest BCUT2D eigenvalue weighted by Crippen LogP contribution is 2.37. The van der Waals surface area contributed by atoms with Gasteiger partial charge >= 0.3 is 6.09 Å². The van der Waals surface area contributed by atoms with Crippen LogP contribution in [0, 0.1) is 5.41 Å². The lowest BCUT2D eigenvalue weighted by Gasteiger charge is -2.34. The van der Waals surface area contributed by atoms with Crippen LogP contribution in [0.2, 0.25) is 0 Å². The molecule has 1 heterocycles. The van der Waals surface area contributed by atoms with Crippen LogP contribution >= 0.6 is 0 Å². The molecule has 1 aromatic heterocycles. The maximum Gasteiger partial charge on any atom is 0.412 e. The van der Waals surface area contributed by atoms with Crippen molar-refractivity contribution in [2.45, 2.75) is 40.2 Å². The third-order valence-electron chi connectivity index (χ3n) is 5.66. The van der Waals surface area contributed by atoms with E-state index in [0.29, 0.717) is 29.6 Å². The Morgan fingerprint density at radius 3 is 2.40 bits per heavy atom. The highest BCUT2D eigenvalue weighted by Gasteiger charge is 2.30. The van der Waals surface area contributed by atoms with E-state index in [1.54, 1.807) is 13.3 Å². The van der Waals surface area contributed by atoms with Crippen molar-refractivity contribution in [1.82, 2.24) is 14.9 Å². The predicted octanol–water partition coefficient (Wildman–Crippen LogP) is 5.59. The summed E-state index contributed by atoms with van der Waals surface area (Å²) in [5.41, 5.74) is 1.48. The van der Waals surface area contributed by atoms with Crippen LogP contribution in [-0.4, -0.2) is 65.9 Å². The number of benzene rings is 2. The van der Waals surface area contributed by atoms with Gasteiger partial charge in [-0.1, -0.05) is 19.9 Å². The van der Waals surface area contributed by atoms with Crippen LogP contribution in [-0.2, 0) is 0 Å². The van der Waals surface area contributed by atoms with Gasteiger partial charge in [0.15, 0.2) is 0 Å². The number of nitrogens with zero attached hydrogens (tertiary/aromatic N) is 4. The molecule has 0 saturated heterocycles. The quantitative estimate of drug-likeness (QED) is 0.435. The van der Waals surface area contributed by atoms with Gasteiger partial charge in [-0.3, -0.25) is 4.90 Å². The number of amides is 1. The molecule has 0 radical (unpaired) electrons. The van der Waals surface area contributed by atoms with Crippen molar-refractivity contribution in [3.63, 3.8) is 0 Å². The van der Waals surface area contributed by atoms with Crippen molar-refractivity contribution in [2.75, 3.05) is 44.5 Å². The molecule has 0 aliphatic rings. The van der Waals surface area contributed by atoms with E-state index in [1.807, 2.05) is 57.2 Å². The van der Waals surface area contributed by atoms with Gasteiger partial charge in [-0.05, 0) is 76.0 Å². The zero-order valence-corrected chi connectivity index (χ0v) is 22.0. The first-order chi connectivity index (χ1) is 16.3. The first-order valence-corrected chi connectivity index (χ1v) is 11.7. The fourth-order valence-electron chi connectivity index (χ4n) is 4.36. The first kappa shape index (κ1) is 26.2. The molecule has 0 bridgehead atoms. The number of anilines is 2. The Morgan fingerprint density at radius 2 is 1.80 bits per heavy atom. The van der Waals surface area contributed by atoms with Gasteiger partial charge in [0.1, 0.15) is 5.75 Å². The molecule has 0 aliphatic heterocycles. The third kappa shape index (κ3) is 6.39. The largest absolute Gasteiger partial charge is 0.497 e. The molecular formula is C27H37N5O3. The normalized spacial score (nSPS) is 12.1. The minimum absolute atomic E-state index is 0.0345. The molecule has 8 heteroatoms. The highest BCUT2D eigenvalue weighted by atomic mass is 16.5. The zero-order valence-electron chi connectivity index (χ0n) is 22.0. The molecule has 0 aliphatic carbocycles. The summed E-state index contributed by atoms with van der Waals surface area (Å²) in [6.07, 6.45) is 0.701. The number of carbonyl (C=O) groups is 1. The van der Waals surface area contributed by atoms with E-state index in [-0.39, 0.29) is 5.41 Å². The van der Waals surface area contributed by atoms with Gasteiger partial charge < -0.3 is 20.1 Å². The van der Waals surface area contributed by atoms with E-state index in [0.717, 1.165) is 22.9 Å². The van der Waals surface area contributed by atoms with E-state index in [2.05, 4.69) is 43.1 Å². The van der Waals surface area contributed by atoms with E-state index in [4.69, 9.17) is 9.72 Å². The number of hydrogen-bond acceptors (Lipinski definition) is 6. The average molecular weight is 480 g/mol. The smallest absolute Gasteiger partial charge is 0.412 e. The zero-order chi connectivity index (χ0) is 26.0. The van der Waals surface area contributed by atoms with Crippen molar-refractivity contribution in [3.8, 4) is 17.0 Å². The maximum atomic E-state index is 12.4. The molecule has 3 aromatic rings. The van der Waals surface area contributed by atoms with Crippen LogP contribution in [0.25, 0.3) is 22.0 Å². The van der Waals surface area contributed by atoms with Crippen molar-refractivity contribution in [2.24, 2.45) is 5.41 Å². The molecule has 1 amide bonds. The van der Waals surface area contributed by atoms with Crippen molar-refractivity contribution >= 4 is 28.5 Å². The minimum atomic E-state index is -1.02. The summed E-state index contributed by atoms with van der Waals surface area (Å²) in [4.78, 5) is 25.1. The van der Waals surface area contributed by atoms with Crippen LogP contribution < -0.4 is 15.0 Å². The molecule has 0 unspecified atom stereocenters. The predicted molar refractivity (Wildman–Crippen MR) is 143 cm³/mol. The molecule has 3 rings (SSSR count). The number of fused-ring (bicyclic) bond motifs is 1. The Balaban J connectivity index is 2.08. The Morgan fingerprint density at radius 1 is 1.09 bits per heavy atom. The van der Waals surface area contributed by atoms with Gasteiger partial charge in [-0.25, -0.2) is 14.8 Å². The topological polar surface area (TPSA) is 90.8 Å². The monoisotopic (exact) mass is 479 g/mol. The number of hydrogen-bond donors (Lipinski definition) is 2. The SMILES string of the molecule is COc1ccc2cc(-c3ccnc(NCC(C)(C)CN(C)C)n3)cc(N(C(=O)O)C(C)(C)C)c2c1. The molecular weight excluding hydrogens is 442 g/mol. The summed E-state index contributed by atoms with van der Waals surface area (Å²) in [7, 11) is 5.72. The Hall–Kier alpha value is -3.39. The Bertz CT molecular complexity index is 1200. The number of nitrogens with one attached hydrogen (secondary N) is 1. The summed E-state index contributed by atoms with van der Waals surface area (Å²) < 4.78 is 5.41. The van der Waals surface area contributed by atoms with Crippen molar-refractivity contribution in [3.05, 3.63) is 42.6 Å². The number of aromatic nitrogens is 2. The van der Waals surface area contributed by atoms with Crippen LogP contribution in [0.1, 0.15) is 34.6 Å². The minimum Gasteiger partial charge on any atom is -0.497 e. The van der Waals surface area contributed by atoms with Gasteiger partial charge in [0.25, 0.3) is 0 Å². The van der Waals surface area contributed by atoms with Crippen molar-refractivity contribution < 1.29 is 14.6 Å². The van der Waals surface area contributed by atoms with E-state index in [9.17, 15) is 9.90 Å². The van der Waals surface area contributed by atoms with Crippen LogP contribution in [0.3, 0.4) is 0 Å². The lowest BCUT2D eigenvalue weighted by Crippen LogP contribution is -2.45. The lowest BCUT2D eigenvalue weighted by atomic mass is 9.93. The molecule has 2 aromatic carbocycles. The number of ether oxygens (including phenoxy) is 1. The molecule has 35 heavy (non-hydrogen) atoms. The lowest BCUT2D eigenvalue weighted by molar-refractivity contribution is 0.196. The van der Waals surface area contributed by atoms with E-state index in [1.165, 1.54) is 4.90 Å². The Labute approximate surface area is 207 Å². The van der Waals surface area contributed by atoms with E-state index >= 15 is 0 Å². The first-order valence-electron chi connectivity index (χ1n) is 11.7. The second-order valence-electron chi connectivity index (χ2n) is 10.9. The summed E-state index contributed by atoms with van der Waals surface area (Å²) in [5.74, 6) is 1.20. The number of carboxylic acid groups (broad SMARTS) is 1. The third-order valence-corrected chi connectivity index (χ3v) is 5.66. The molecule has 188 valence electrons. The molecule has 0 fully saturated rings. The molecule has 0 saturated carbocycles. The second-order valence-corrected chi connectivity index (χ2v) is 10.9. The summed E-state index contributed by atoms with van der Waals surface area (Å²) in [5, 5.41) is 15.2. The average Bonchev–Trinajstić information content (AvgIpc) is 2.75. The molecule has 8 nitrogen and oxygen atoms in total. The Kier molecular flexibility index (Phi) is 7.55. The van der Waals surface area contributed by atoms with E-state index < -0.39 is 11.6 Å². The molecule has 0 atom stereocenters. The molecule has 2 N–H and O–H groups in total. The van der Waals surface area contributed by atoms with Gasteiger partial charge in [-0.2, -0.15) is 0 Å². The van der Waals surface area contributed by atoms with Crippen LogP contribution in [0.5, 0.6) is 5.75 Å². The van der Waals surface area contributed by atoms with Gasteiger partial charge in [0, 0.05) is 35.8 Å². The summed E-state index contributed by atoms with van der Waals surface area (Å²) in [6.45, 7) is 11.7. The fraction of sp³-hybridized carbons (Fsp3) is 0.444. The standard InChI is InChI=1S/C27H37N5O3/c1-26(2,3)32(25(33)34)23-14-19(13-18-9-10-20(35-8)15-21(18)23)22-11-12-28-24(30-22)29-16-27(4,5)17-31(6)7/h9-15H,16-17H2,1-8H3,(H,33,34)(H,28,29,30). The van der Waals surface area contributed by atoms with Crippen LogP contribution in [0.15, 0.2) is 42.6 Å². The van der Waals surface area contributed by atoms with Gasteiger partial charge in [0.05, 0.1) is 18.5 Å². The number of methoxy groups -OCH3 is 1. The summed E-state index contributed by atoms with van der Waals surface area (Å²) >= 11 is 0. The van der Waals surface area contributed by atoms with Gasteiger partial charge in [0.2, 0.25) is 5.95 Å². The number of rotatable bonds is 8. The second kappa shape index (κ2) is 10.1. The fourth-order valence-corrected chi connectivity index (χ4v) is 4.36. The summed E-state index contributed by atoms with van der Waals surface area (Å²) in [6, 6.07) is 11.4.